The van der Waals surface area contributed by atoms with Gasteiger partial charge in [-0.2, -0.15) is 0 Å². The largest absolute Gasteiger partial charge is 0.481 e. The fourth-order valence-electron chi connectivity index (χ4n) is 1.54. The summed E-state index contributed by atoms with van der Waals surface area (Å²) in [5, 5.41) is 3.20. The Labute approximate surface area is 135 Å². The van der Waals surface area contributed by atoms with E-state index in [0.29, 0.717) is 10.0 Å². The van der Waals surface area contributed by atoms with Gasteiger partial charge >= 0.3 is 0 Å². The molecule has 2 aromatic rings. The molecule has 0 bridgehead atoms. The Morgan fingerprint density at radius 3 is 2.38 bits per heavy atom. The maximum Gasteiger partial charge on any atom is 0.262 e. The standard InChI is InChI=1S/C14H9Cl3FNO2/c15-9-2-1-3-10(16)14(9)21-7-13(20)19-12-5-4-8(18)6-11(12)17/h1-6H,7H2,(H,19,20). The Kier molecular flexibility index (Phi) is 5.28. The number of benzene rings is 2. The predicted molar refractivity (Wildman–Crippen MR) is 82.0 cm³/mol. The molecule has 2 aromatic carbocycles. The highest BCUT2D eigenvalue weighted by Crippen LogP contribution is 2.32. The molecule has 110 valence electrons. The number of anilines is 1. The van der Waals surface area contributed by atoms with Gasteiger partial charge in [-0.15, -0.1) is 0 Å². The first-order valence-electron chi connectivity index (χ1n) is 5.79. The summed E-state index contributed by atoms with van der Waals surface area (Å²) in [6, 6.07) is 8.50. The summed E-state index contributed by atoms with van der Waals surface area (Å²) >= 11 is 17.6. The number of hydrogen-bond donors (Lipinski definition) is 1. The lowest BCUT2D eigenvalue weighted by Crippen LogP contribution is -2.20. The van der Waals surface area contributed by atoms with E-state index in [4.69, 9.17) is 39.5 Å². The first-order valence-corrected chi connectivity index (χ1v) is 6.92. The number of carbonyl (C=O) groups excluding carboxylic acids is 1. The van der Waals surface area contributed by atoms with Gasteiger partial charge in [-0.3, -0.25) is 4.79 Å². The van der Waals surface area contributed by atoms with Crippen molar-refractivity contribution in [3.05, 3.63) is 57.3 Å². The topological polar surface area (TPSA) is 38.3 Å². The molecule has 0 heterocycles. The maximum absolute atomic E-state index is 12.9. The first kappa shape index (κ1) is 15.9. The zero-order valence-corrected chi connectivity index (χ0v) is 12.8. The predicted octanol–water partition coefficient (Wildman–Crippen LogP) is 4.80. The molecular formula is C14H9Cl3FNO2. The number of nitrogens with one attached hydrogen (secondary N) is 1. The minimum absolute atomic E-state index is 0.0964. The lowest BCUT2D eigenvalue weighted by atomic mass is 10.3. The van der Waals surface area contributed by atoms with E-state index >= 15 is 0 Å². The number of para-hydroxylation sites is 1. The van der Waals surface area contributed by atoms with E-state index in [-0.39, 0.29) is 23.1 Å². The molecule has 0 saturated carbocycles. The average Bonchev–Trinajstić information content (AvgIpc) is 2.41. The van der Waals surface area contributed by atoms with E-state index in [2.05, 4.69) is 5.32 Å². The van der Waals surface area contributed by atoms with Crippen molar-refractivity contribution in [2.24, 2.45) is 0 Å². The number of rotatable bonds is 4. The molecule has 0 aliphatic carbocycles. The van der Waals surface area contributed by atoms with Crippen molar-refractivity contribution in [3.63, 3.8) is 0 Å². The third-order valence-electron chi connectivity index (χ3n) is 2.47. The van der Waals surface area contributed by atoms with Crippen molar-refractivity contribution in [2.45, 2.75) is 0 Å². The number of carbonyl (C=O) groups is 1. The summed E-state index contributed by atoms with van der Waals surface area (Å²) in [6.07, 6.45) is 0. The van der Waals surface area contributed by atoms with Gasteiger partial charge in [0.25, 0.3) is 5.91 Å². The minimum Gasteiger partial charge on any atom is -0.481 e. The van der Waals surface area contributed by atoms with Crippen LogP contribution in [0, 0.1) is 5.82 Å². The molecule has 0 aliphatic rings. The Bertz CT molecular complexity index is 659. The SMILES string of the molecule is O=C(COc1c(Cl)cccc1Cl)Nc1ccc(F)cc1Cl. The molecule has 0 aromatic heterocycles. The van der Waals surface area contributed by atoms with E-state index in [1.54, 1.807) is 18.2 Å². The van der Waals surface area contributed by atoms with Gasteiger partial charge in [0.2, 0.25) is 0 Å². The molecule has 2 rings (SSSR count). The molecule has 0 fully saturated rings. The Morgan fingerprint density at radius 1 is 1.10 bits per heavy atom. The van der Waals surface area contributed by atoms with Crippen LogP contribution in [0.2, 0.25) is 15.1 Å². The second-order valence-corrected chi connectivity index (χ2v) is 5.23. The summed E-state index contributed by atoms with van der Waals surface area (Å²) in [7, 11) is 0. The lowest BCUT2D eigenvalue weighted by Gasteiger charge is -2.10. The zero-order chi connectivity index (χ0) is 15.4. The normalized spacial score (nSPS) is 10.3. The van der Waals surface area contributed by atoms with Crippen molar-refractivity contribution in [1.29, 1.82) is 0 Å². The molecule has 0 aliphatic heterocycles. The minimum atomic E-state index is -0.489. The van der Waals surface area contributed by atoms with Crippen LogP contribution in [0.15, 0.2) is 36.4 Å². The van der Waals surface area contributed by atoms with Crippen LogP contribution >= 0.6 is 34.8 Å². The van der Waals surface area contributed by atoms with Gasteiger partial charge < -0.3 is 10.1 Å². The van der Waals surface area contributed by atoms with Crippen LogP contribution < -0.4 is 10.1 Å². The van der Waals surface area contributed by atoms with E-state index in [1.165, 1.54) is 12.1 Å². The van der Waals surface area contributed by atoms with E-state index < -0.39 is 11.7 Å². The summed E-state index contributed by atoms with van der Waals surface area (Å²) in [6.45, 7) is -0.308. The molecule has 0 saturated heterocycles. The highest BCUT2D eigenvalue weighted by atomic mass is 35.5. The van der Waals surface area contributed by atoms with Gasteiger partial charge in [-0.05, 0) is 30.3 Å². The fourth-order valence-corrected chi connectivity index (χ4v) is 2.26. The molecule has 0 atom stereocenters. The molecular weight excluding hydrogens is 340 g/mol. The quantitative estimate of drug-likeness (QED) is 0.861. The van der Waals surface area contributed by atoms with E-state index in [0.717, 1.165) is 6.07 Å². The number of halogens is 4. The summed E-state index contributed by atoms with van der Waals surface area (Å²) in [4.78, 5) is 11.8. The number of ether oxygens (including phenoxy) is 1. The number of amides is 1. The van der Waals surface area contributed by atoms with Crippen LogP contribution in [0.5, 0.6) is 5.75 Å². The van der Waals surface area contributed by atoms with Crippen LogP contribution in [0.3, 0.4) is 0 Å². The monoisotopic (exact) mass is 347 g/mol. The second kappa shape index (κ2) is 6.98. The molecule has 0 unspecified atom stereocenters. The highest BCUT2D eigenvalue weighted by Gasteiger charge is 2.11. The smallest absolute Gasteiger partial charge is 0.262 e. The third kappa shape index (κ3) is 4.24. The molecule has 3 nitrogen and oxygen atoms in total. The van der Waals surface area contributed by atoms with Crippen LogP contribution in [0.25, 0.3) is 0 Å². The van der Waals surface area contributed by atoms with Crippen LogP contribution in [0.4, 0.5) is 10.1 Å². The van der Waals surface area contributed by atoms with Gasteiger partial charge in [0, 0.05) is 0 Å². The summed E-state index contributed by atoms with van der Waals surface area (Å²) < 4.78 is 18.2. The van der Waals surface area contributed by atoms with Gasteiger partial charge in [-0.1, -0.05) is 40.9 Å². The zero-order valence-electron chi connectivity index (χ0n) is 10.5. The molecule has 0 radical (unpaired) electrons. The summed E-state index contributed by atoms with van der Waals surface area (Å²) in [5.74, 6) is -0.738. The first-order chi connectivity index (χ1) is 9.97. The molecule has 7 heteroatoms. The average molecular weight is 349 g/mol. The lowest BCUT2D eigenvalue weighted by molar-refractivity contribution is -0.118. The van der Waals surface area contributed by atoms with E-state index in [1.807, 2.05) is 0 Å². The van der Waals surface area contributed by atoms with Gasteiger partial charge in [0.05, 0.1) is 20.8 Å². The van der Waals surface area contributed by atoms with Crippen molar-refractivity contribution in [1.82, 2.24) is 0 Å². The van der Waals surface area contributed by atoms with Crippen LogP contribution in [-0.2, 0) is 4.79 Å². The van der Waals surface area contributed by atoms with Crippen LogP contribution in [0.1, 0.15) is 0 Å². The number of hydrogen-bond acceptors (Lipinski definition) is 2. The maximum atomic E-state index is 12.9. The second-order valence-electron chi connectivity index (χ2n) is 4.01. The van der Waals surface area contributed by atoms with Crippen molar-refractivity contribution in [2.75, 3.05) is 11.9 Å². The molecule has 0 spiro atoms. The van der Waals surface area contributed by atoms with Gasteiger partial charge in [-0.25, -0.2) is 4.39 Å². The van der Waals surface area contributed by atoms with Crippen LogP contribution in [-0.4, -0.2) is 12.5 Å². The Balaban J connectivity index is 1.99. The summed E-state index contributed by atoms with van der Waals surface area (Å²) in [5.41, 5.74) is 0.289. The van der Waals surface area contributed by atoms with Crippen molar-refractivity contribution < 1.29 is 13.9 Å². The third-order valence-corrected chi connectivity index (χ3v) is 3.38. The molecule has 1 N–H and O–H groups in total. The van der Waals surface area contributed by atoms with Gasteiger partial charge in [0.1, 0.15) is 5.82 Å². The fraction of sp³-hybridized carbons (Fsp3) is 0.0714. The highest BCUT2D eigenvalue weighted by molar-refractivity contribution is 6.37. The Morgan fingerprint density at radius 2 is 1.76 bits per heavy atom. The van der Waals surface area contributed by atoms with Crippen molar-refractivity contribution in [3.8, 4) is 5.75 Å². The van der Waals surface area contributed by atoms with E-state index in [9.17, 15) is 9.18 Å². The van der Waals surface area contributed by atoms with Crippen molar-refractivity contribution >= 4 is 46.4 Å². The van der Waals surface area contributed by atoms with Gasteiger partial charge in [0.15, 0.2) is 12.4 Å². The molecule has 21 heavy (non-hydrogen) atoms. The Hall–Kier alpha value is -1.49. The molecule has 1 amide bonds.